The molecule has 0 unspecified atom stereocenters. The number of thiazole rings is 1. The molecule has 0 radical (unpaired) electrons. The van der Waals surface area contributed by atoms with Crippen LogP contribution in [0, 0.1) is 0 Å². The molecule has 0 bridgehead atoms. The zero-order chi connectivity index (χ0) is 21.5. The minimum atomic E-state index is -0.327. The number of nitrogens with one attached hydrogen (secondary N) is 3. The summed E-state index contributed by atoms with van der Waals surface area (Å²) in [5, 5.41) is 7.89. The maximum Gasteiger partial charge on any atom is 0.280 e. The highest BCUT2D eigenvalue weighted by molar-refractivity contribution is 7.13. The van der Waals surface area contributed by atoms with Crippen LogP contribution in [0.25, 0.3) is 10.9 Å². The average molecular weight is 476 g/mol. The molecule has 1 saturated heterocycles. The maximum atomic E-state index is 12.8. The summed E-state index contributed by atoms with van der Waals surface area (Å²) in [6.07, 6.45) is 0.858. The van der Waals surface area contributed by atoms with E-state index in [9.17, 15) is 9.59 Å². The Labute approximate surface area is 195 Å². The van der Waals surface area contributed by atoms with E-state index in [1.165, 1.54) is 11.3 Å². The molecular weight excluding hydrogens is 450 g/mol. The topological polar surface area (TPSA) is 99.3 Å². The third kappa shape index (κ3) is 4.52. The van der Waals surface area contributed by atoms with Crippen molar-refractivity contribution in [2.45, 2.75) is 32.5 Å². The highest BCUT2D eigenvalue weighted by atomic mass is 35.5. The van der Waals surface area contributed by atoms with Gasteiger partial charge in [-0.1, -0.05) is 19.0 Å². The molecule has 3 N–H and O–H groups in total. The number of carbonyl (C=O) groups excluding carboxylic acids is 2. The summed E-state index contributed by atoms with van der Waals surface area (Å²) in [6, 6.07) is 6.52. The Bertz CT molecular complexity index is 1160. The van der Waals surface area contributed by atoms with Gasteiger partial charge in [0.2, 0.25) is 0 Å². The number of benzene rings is 1. The van der Waals surface area contributed by atoms with Gasteiger partial charge < -0.3 is 25.3 Å². The van der Waals surface area contributed by atoms with Gasteiger partial charge in [0.25, 0.3) is 11.8 Å². The summed E-state index contributed by atoms with van der Waals surface area (Å²) in [5.74, 6) is -0.480. The molecule has 2 aliphatic heterocycles. The van der Waals surface area contributed by atoms with Crippen LogP contribution in [-0.4, -0.2) is 65.6 Å². The van der Waals surface area contributed by atoms with E-state index in [1.807, 2.05) is 6.07 Å². The van der Waals surface area contributed by atoms with Crippen molar-refractivity contribution in [1.29, 1.82) is 0 Å². The summed E-state index contributed by atoms with van der Waals surface area (Å²) in [7, 11) is 2.06. The highest BCUT2D eigenvalue weighted by Crippen LogP contribution is 2.25. The first-order valence-electron chi connectivity index (χ1n) is 10.1. The van der Waals surface area contributed by atoms with Crippen molar-refractivity contribution in [3.05, 3.63) is 50.6 Å². The number of aromatic nitrogens is 2. The molecule has 0 saturated carbocycles. The molecule has 170 valence electrons. The Kier molecular flexibility index (Phi) is 6.52. The van der Waals surface area contributed by atoms with Gasteiger partial charge in [0.05, 0.1) is 31.0 Å². The highest BCUT2D eigenvalue weighted by Gasteiger charge is 2.32. The van der Waals surface area contributed by atoms with Gasteiger partial charge >= 0.3 is 0 Å². The minimum absolute atomic E-state index is 0. The Balaban J connectivity index is 0.00000245. The normalized spacial score (nSPS) is 20.6. The fourth-order valence-corrected chi connectivity index (χ4v) is 5.23. The van der Waals surface area contributed by atoms with Crippen molar-refractivity contribution in [2.24, 2.45) is 0 Å². The third-order valence-electron chi connectivity index (χ3n) is 5.66. The molecule has 0 aliphatic carbocycles. The quantitative estimate of drug-likeness (QED) is 0.539. The molecular formula is C22H26ClN5O3S. The summed E-state index contributed by atoms with van der Waals surface area (Å²) in [5.41, 5.74) is 2.28. The first kappa shape index (κ1) is 22.7. The summed E-state index contributed by atoms with van der Waals surface area (Å²) in [4.78, 5) is 36.5. The number of hydrogen-bond donors (Lipinski definition) is 3. The van der Waals surface area contributed by atoms with E-state index in [2.05, 4.69) is 32.5 Å². The molecule has 0 spiro atoms. The summed E-state index contributed by atoms with van der Waals surface area (Å²) >= 11 is 7.46. The second-order valence-electron chi connectivity index (χ2n) is 7.99. The second-order valence-corrected chi connectivity index (χ2v) is 9.51. The maximum absolute atomic E-state index is 12.8. The standard InChI is InChI=1S/C21H22ClN5O3S.CH4/c1-27-5-4-14-18(8-27)31-21(26-14)20(29)25-17-10-30-9-16(17)24-19(28)15-7-11-6-12(22)2-3-13(11)23-15;/h2-3,6-7,16-17,23H,4-5,8-10H2,1H3,(H,24,28)(H,25,29);1H4/t16-,17-;/m0./s1. The van der Waals surface area contributed by atoms with Gasteiger partial charge in [0, 0.05) is 40.3 Å². The van der Waals surface area contributed by atoms with Crippen LogP contribution in [0.2, 0.25) is 5.02 Å². The lowest BCUT2D eigenvalue weighted by atomic mass is 10.1. The number of fused-ring (bicyclic) bond motifs is 2. The lowest BCUT2D eigenvalue weighted by Crippen LogP contribution is -2.51. The SMILES string of the molecule is C.CN1CCc2nc(C(=O)N[C@H]3COC[C@@H]3NC(=O)c3cc4cc(Cl)ccc4[nH]3)sc2C1. The zero-order valence-electron chi connectivity index (χ0n) is 16.9. The van der Waals surface area contributed by atoms with E-state index in [1.54, 1.807) is 18.2 Å². The molecule has 2 atom stereocenters. The number of amides is 2. The van der Waals surface area contributed by atoms with E-state index in [0.29, 0.717) is 28.9 Å². The lowest BCUT2D eigenvalue weighted by molar-refractivity contribution is 0.0894. The molecule has 3 aromatic rings. The number of hydrogen-bond acceptors (Lipinski definition) is 6. The molecule has 5 rings (SSSR count). The molecule has 32 heavy (non-hydrogen) atoms. The van der Waals surface area contributed by atoms with Gasteiger partial charge in [-0.05, 0) is 31.3 Å². The summed E-state index contributed by atoms with van der Waals surface area (Å²) < 4.78 is 5.53. The van der Waals surface area contributed by atoms with E-state index in [-0.39, 0.29) is 31.3 Å². The fourth-order valence-electron chi connectivity index (χ4n) is 3.96. The van der Waals surface area contributed by atoms with Crippen molar-refractivity contribution < 1.29 is 14.3 Å². The minimum Gasteiger partial charge on any atom is -0.377 e. The monoisotopic (exact) mass is 475 g/mol. The smallest absolute Gasteiger partial charge is 0.280 e. The molecule has 10 heteroatoms. The summed E-state index contributed by atoms with van der Waals surface area (Å²) in [6.45, 7) is 2.44. The van der Waals surface area contributed by atoms with Crippen molar-refractivity contribution in [2.75, 3.05) is 26.8 Å². The largest absolute Gasteiger partial charge is 0.377 e. The average Bonchev–Trinajstić information content (AvgIpc) is 3.45. The molecule has 2 amide bonds. The van der Waals surface area contributed by atoms with Crippen LogP contribution < -0.4 is 10.6 Å². The first-order chi connectivity index (χ1) is 15.0. The van der Waals surface area contributed by atoms with Gasteiger partial charge in [0.15, 0.2) is 5.01 Å². The number of H-pyrrole nitrogens is 1. The van der Waals surface area contributed by atoms with E-state index in [4.69, 9.17) is 16.3 Å². The number of aromatic amines is 1. The van der Waals surface area contributed by atoms with Gasteiger partial charge in [-0.3, -0.25) is 9.59 Å². The number of halogens is 1. The molecule has 2 aromatic heterocycles. The van der Waals surface area contributed by atoms with Gasteiger partial charge in [-0.15, -0.1) is 11.3 Å². The Morgan fingerprint density at radius 3 is 2.75 bits per heavy atom. The Morgan fingerprint density at radius 2 is 1.97 bits per heavy atom. The van der Waals surface area contributed by atoms with Crippen molar-refractivity contribution in [1.82, 2.24) is 25.5 Å². The van der Waals surface area contributed by atoms with Crippen LogP contribution in [-0.2, 0) is 17.7 Å². The second kappa shape index (κ2) is 9.19. The lowest BCUT2D eigenvalue weighted by Gasteiger charge is -2.20. The van der Waals surface area contributed by atoms with E-state index in [0.717, 1.165) is 41.0 Å². The van der Waals surface area contributed by atoms with Gasteiger partial charge in [0.1, 0.15) is 5.69 Å². The number of nitrogens with zero attached hydrogens (tertiary/aromatic N) is 2. The number of carbonyl (C=O) groups is 2. The Hall–Kier alpha value is -2.46. The molecule has 4 heterocycles. The predicted octanol–water partition coefficient (Wildman–Crippen LogP) is 2.83. The van der Waals surface area contributed by atoms with E-state index >= 15 is 0 Å². The van der Waals surface area contributed by atoms with E-state index < -0.39 is 0 Å². The fraction of sp³-hybridized carbons (Fsp3) is 0.409. The van der Waals surface area contributed by atoms with Crippen molar-refractivity contribution in [3.63, 3.8) is 0 Å². The number of rotatable bonds is 4. The molecule has 2 aliphatic rings. The molecule has 8 nitrogen and oxygen atoms in total. The number of ether oxygens (including phenoxy) is 1. The molecule has 1 fully saturated rings. The van der Waals surface area contributed by atoms with Gasteiger partial charge in [-0.2, -0.15) is 0 Å². The van der Waals surface area contributed by atoms with Crippen LogP contribution >= 0.6 is 22.9 Å². The van der Waals surface area contributed by atoms with Crippen LogP contribution in [0.3, 0.4) is 0 Å². The van der Waals surface area contributed by atoms with Crippen molar-refractivity contribution >= 4 is 45.7 Å². The molecule has 1 aromatic carbocycles. The number of likely N-dealkylation sites (N-methyl/N-ethyl adjacent to an activating group) is 1. The van der Waals surface area contributed by atoms with Gasteiger partial charge in [-0.25, -0.2) is 4.98 Å². The van der Waals surface area contributed by atoms with Crippen molar-refractivity contribution in [3.8, 4) is 0 Å². The van der Waals surface area contributed by atoms with Crippen LogP contribution in [0.15, 0.2) is 24.3 Å². The van der Waals surface area contributed by atoms with Crippen LogP contribution in [0.5, 0.6) is 0 Å². The predicted molar refractivity (Wildman–Crippen MR) is 126 cm³/mol. The Morgan fingerprint density at radius 1 is 1.22 bits per heavy atom. The van der Waals surface area contributed by atoms with Crippen LogP contribution in [0.4, 0.5) is 0 Å². The third-order valence-corrected chi connectivity index (χ3v) is 6.97. The zero-order valence-corrected chi connectivity index (χ0v) is 18.5. The van der Waals surface area contributed by atoms with Crippen LogP contribution in [0.1, 0.15) is 38.3 Å². The first-order valence-corrected chi connectivity index (χ1v) is 11.3.